The van der Waals surface area contributed by atoms with Crippen molar-refractivity contribution in [3.8, 4) is 0 Å². The predicted molar refractivity (Wildman–Crippen MR) is 70.0 cm³/mol. The molecule has 0 aliphatic heterocycles. The fourth-order valence-corrected chi connectivity index (χ4v) is 2.03. The predicted octanol–water partition coefficient (Wildman–Crippen LogP) is 2.68. The molecule has 0 aromatic heterocycles. The average Bonchev–Trinajstić information content (AvgIpc) is 2.37. The van der Waals surface area contributed by atoms with E-state index in [9.17, 15) is 12.8 Å². The fourth-order valence-electron chi connectivity index (χ4n) is 1.55. The third-order valence-electron chi connectivity index (χ3n) is 2.56. The fraction of sp³-hybridized carbons (Fsp3) is 0.0769. The number of hydrogen-bond acceptors (Lipinski definition) is 3. The van der Waals surface area contributed by atoms with Gasteiger partial charge in [-0.1, -0.05) is 12.1 Å². The molecule has 0 unspecified atom stereocenters. The van der Waals surface area contributed by atoms with Crippen LogP contribution in [0.1, 0.15) is 5.56 Å². The number of benzene rings is 2. The Kier molecular flexibility index (Phi) is 3.82. The van der Waals surface area contributed by atoms with Crippen LogP contribution in [0.15, 0.2) is 53.4 Å². The van der Waals surface area contributed by atoms with Gasteiger partial charge < -0.3 is 5.32 Å². The number of rotatable bonds is 4. The minimum atomic E-state index is -4.16. The van der Waals surface area contributed by atoms with Crippen LogP contribution in [0.3, 0.4) is 0 Å². The summed E-state index contributed by atoms with van der Waals surface area (Å²) in [5.74, 6) is -0.291. The summed E-state index contributed by atoms with van der Waals surface area (Å²) >= 11 is 0. The quantitative estimate of drug-likeness (QED) is 0.846. The van der Waals surface area contributed by atoms with Gasteiger partial charge >= 0.3 is 0 Å². The van der Waals surface area contributed by atoms with Gasteiger partial charge in [0.25, 0.3) is 10.1 Å². The zero-order valence-corrected chi connectivity index (χ0v) is 10.7. The van der Waals surface area contributed by atoms with Crippen molar-refractivity contribution in [1.82, 2.24) is 0 Å². The van der Waals surface area contributed by atoms with Crippen molar-refractivity contribution < 1.29 is 17.4 Å². The Morgan fingerprint density at radius 3 is 2.11 bits per heavy atom. The Morgan fingerprint density at radius 2 is 1.58 bits per heavy atom. The van der Waals surface area contributed by atoms with Gasteiger partial charge in [-0.05, 0) is 42.0 Å². The van der Waals surface area contributed by atoms with E-state index in [0.717, 1.165) is 5.56 Å². The van der Waals surface area contributed by atoms with E-state index >= 15 is 0 Å². The molecule has 0 fully saturated rings. The minimum Gasteiger partial charge on any atom is -0.381 e. The van der Waals surface area contributed by atoms with Crippen LogP contribution in [0.2, 0.25) is 0 Å². The molecular weight excluding hydrogens is 269 g/mol. The third-order valence-corrected chi connectivity index (χ3v) is 3.43. The van der Waals surface area contributed by atoms with Crippen molar-refractivity contribution in [2.45, 2.75) is 11.4 Å². The van der Waals surface area contributed by atoms with Gasteiger partial charge in [-0.25, -0.2) is 4.39 Å². The molecule has 0 saturated heterocycles. The van der Waals surface area contributed by atoms with Crippen LogP contribution in [0.25, 0.3) is 0 Å². The number of halogens is 1. The Morgan fingerprint density at radius 1 is 1.00 bits per heavy atom. The minimum absolute atomic E-state index is 0.153. The molecule has 2 N–H and O–H groups in total. The third kappa shape index (κ3) is 3.77. The highest BCUT2D eigenvalue weighted by Crippen LogP contribution is 2.14. The lowest BCUT2D eigenvalue weighted by Crippen LogP contribution is -2.01. The molecule has 0 bridgehead atoms. The summed E-state index contributed by atoms with van der Waals surface area (Å²) in [4.78, 5) is -0.153. The standard InChI is InChI=1S/C13H12FNO3S/c14-11-3-1-10(2-4-11)9-15-12-5-7-13(8-6-12)19(16,17)18/h1-8,15H,9H2,(H,16,17,18). The first-order valence-electron chi connectivity index (χ1n) is 5.51. The smallest absolute Gasteiger partial charge is 0.294 e. The van der Waals surface area contributed by atoms with E-state index in [1.165, 1.54) is 24.3 Å². The molecule has 4 nitrogen and oxygen atoms in total. The maximum absolute atomic E-state index is 12.7. The first-order chi connectivity index (χ1) is 8.95. The van der Waals surface area contributed by atoms with Gasteiger partial charge in [0, 0.05) is 12.2 Å². The van der Waals surface area contributed by atoms with Gasteiger partial charge in [0.15, 0.2) is 0 Å². The molecule has 2 rings (SSSR count). The molecule has 0 aliphatic carbocycles. The Bertz CT molecular complexity index is 651. The molecule has 0 heterocycles. The van der Waals surface area contributed by atoms with Crippen molar-refractivity contribution in [2.75, 3.05) is 5.32 Å². The van der Waals surface area contributed by atoms with Crippen LogP contribution in [0.4, 0.5) is 10.1 Å². The van der Waals surface area contributed by atoms with Crippen LogP contribution >= 0.6 is 0 Å². The topological polar surface area (TPSA) is 66.4 Å². The first-order valence-corrected chi connectivity index (χ1v) is 6.95. The highest BCUT2D eigenvalue weighted by atomic mass is 32.2. The monoisotopic (exact) mass is 281 g/mol. The zero-order chi connectivity index (χ0) is 13.9. The molecule has 0 spiro atoms. The van der Waals surface area contributed by atoms with Crippen molar-refractivity contribution >= 4 is 15.8 Å². The molecule has 6 heteroatoms. The molecular formula is C13H12FNO3S. The summed E-state index contributed by atoms with van der Waals surface area (Å²) in [6.45, 7) is 0.492. The Balaban J connectivity index is 2.02. The SMILES string of the molecule is O=S(=O)(O)c1ccc(NCc2ccc(F)cc2)cc1. The first kappa shape index (κ1) is 13.5. The lowest BCUT2D eigenvalue weighted by molar-refractivity contribution is 0.483. The summed E-state index contributed by atoms with van der Waals surface area (Å²) in [6.07, 6.45) is 0. The number of hydrogen-bond donors (Lipinski definition) is 2. The number of anilines is 1. The summed E-state index contributed by atoms with van der Waals surface area (Å²) in [6, 6.07) is 11.8. The van der Waals surface area contributed by atoms with Crippen molar-refractivity contribution in [1.29, 1.82) is 0 Å². The van der Waals surface area contributed by atoms with E-state index in [0.29, 0.717) is 12.2 Å². The second-order valence-corrected chi connectivity index (χ2v) is 5.40. The molecule has 0 amide bonds. The van der Waals surface area contributed by atoms with E-state index in [2.05, 4.69) is 5.32 Å². The highest BCUT2D eigenvalue weighted by molar-refractivity contribution is 7.85. The molecule has 0 aliphatic rings. The molecule has 2 aromatic carbocycles. The van der Waals surface area contributed by atoms with E-state index in [4.69, 9.17) is 4.55 Å². The van der Waals surface area contributed by atoms with E-state index in [-0.39, 0.29) is 10.7 Å². The number of nitrogens with one attached hydrogen (secondary N) is 1. The van der Waals surface area contributed by atoms with Gasteiger partial charge in [0.2, 0.25) is 0 Å². The largest absolute Gasteiger partial charge is 0.381 e. The second-order valence-electron chi connectivity index (χ2n) is 3.98. The maximum atomic E-state index is 12.7. The lowest BCUT2D eigenvalue weighted by Gasteiger charge is -2.07. The second kappa shape index (κ2) is 5.38. The van der Waals surface area contributed by atoms with E-state index in [1.807, 2.05) is 0 Å². The van der Waals surface area contributed by atoms with Crippen LogP contribution in [0.5, 0.6) is 0 Å². The van der Waals surface area contributed by atoms with Crippen molar-refractivity contribution in [2.24, 2.45) is 0 Å². The zero-order valence-electron chi connectivity index (χ0n) is 9.88. The van der Waals surface area contributed by atoms with E-state index < -0.39 is 10.1 Å². The summed E-state index contributed by atoms with van der Waals surface area (Å²) in [7, 11) is -4.16. The molecule has 100 valence electrons. The summed E-state index contributed by atoms with van der Waals surface area (Å²) in [5.41, 5.74) is 1.61. The maximum Gasteiger partial charge on any atom is 0.294 e. The Hall–Kier alpha value is -1.92. The molecule has 0 saturated carbocycles. The summed E-state index contributed by atoms with van der Waals surface area (Å²) < 4.78 is 43.2. The van der Waals surface area contributed by atoms with Gasteiger partial charge in [0.1, 0.15) is 5.82 Å². The van der Waals surface area contributed by atoms with Crippen molar-refractivity contribution in [3.63, 3.8) is 0 Å². The molecule has 0 radical (unpaired) electrons. The summed E-state index contributed by atoms with van der Waals surface area (Å²) in [5, 5.41) is 3.06. The highest BCUT2D eigenvalue weighted by Gasteiger charge is 2.08. The normalized spacial score (nSPS) is 11.3. The Labute approximate surface area is 110 Å². The van der Waals surface area contributed by atoms with Crippen molar-refractivity contribution in [3.05, 3.63) is 59.9 Å². The van der Waals surface area contributed by atoms with Crippen LogP contribution in [0, 0.1) is 5.82 Å². The molecule has 0 atom stereocenters. The van der Waals surface area contributed by atoms with Gasteiger partial charge in [-0.15, -0.1) is 0 Å². The van der Waals surface area contributed by atoms with Gasteiger partial charge in [-0.3, -0.25) is 4.55 Å². The average molecular weight is 281 g/mol. The van der Waals surface area contributed by atoms with Gasteiger partial charge in [0.05, 0.1) is 4.90 Å². The molecule has 19 heavy (non-hydrogen) atoms. The van der Waals surface area contributed by atoms with Gasteiger partial charge in [-0.2, -0.15) is 8.42 Å². The van der Waals surface area contributed by atoms with Crippen LogP contribution in [-0.2, 0) is 16.7 Å². The van der Waals surface area contributed by atoms with Crippen LogP contribution in [-0.4, -0.2) is 13.0 Å². The van der Waals surface area contributed by atoms with E-state index in [1.54, 1.807) is 24.3 Å². The van der Waals surface area contributed by atoms with Crippen LogP contribution < -0.4 is 5.32 Å². The molecule has 2 aromatic rings. The lowest BCUT2D eigenvalue weighted by atomic mass is 10.2.